The van der Waals surface area contributed by atoms with Gasteiger partial charge in [0.25, 0.3) is 0 Å². The molecule has 0 aliphatic rings. The normalized spacial score (nSPS) is 11.5. The molecule has 2 N–H and O–H groups in total. The molecule has 0 atom stereocenters. The van der Waals surface area contributed by atoms with Crippen molar-refractivity contribution in [1.29, 1.82) is 0 Å². The van der Waals surface area contributed by atoms with Gasteiger partial charge in [-0.15, -0.1) is 0 Å². The van der Waals surface area contributed by atoms with E-state index in [1.807, 2.05) is 33.2 Å². The molecular formula is C11H20N4O. The topological polar surface area (TPSA) is 59.0 Å². The molecule has 1 aromatic heterocycles. The summed E-state index contributed by atoms with van der Waals surface area (Å²) in [6, 6.07) is 1.96. The van der Waals surface area contributed by atoms with Crippen molar-refractivity contribution >= 4 is 5.91 Å². The number of rotatable bonds is 5. The molecule has 0 unspecified atom stereocenters. The van der Waals surface area contributed by atoms with Crippen LogP contribution in [0.4, 0.5) is 0 Å². The fraction of sp³-hybridized carbons (Fsp3) is 0.636. The Hall–Kier alpha value is -1.36. The number of carbonyl (C=O) groups is 1. The zero-order valence-electron chi connectivity index (χ0n) is 10.4. The highest BCUT2D eigenvalue weighted by molar-refractivity contribution is 5.81. The van der Waals surface area contributed by atoms with Crippen molar-refractivity contribution in [1.82, 2.24) is 20.4 Å². The minimum absolute atomic E-state index is 0.0426. The summed E-state index contributed by atoms with van der Waals surface area (Å²) in [5, 5.41) is 10.1. The van der Waals surface area contributed by atoms with Gasteiger partial charge >= 0.3 is 0 Å². The van der Waals surface area contributed by atoms with Gasteiger partial charge in [-0.05, 0) is 19.9 Å². The number of amides is 1. The first-order valence-electron chi connectivity index (χ1n) is 5.37. The molecule has 0 radical (unpaired) electrons. The minimum atomic E-state index is -0.399. The molecule has 0 aliphatic carbocycles. The molecular weight excluding hydrogens is 204 g/mol. The van der Waals surface area contributed by atoms with Crippen LogP contribution >= 0.6 is 0 Å². The average molecular weight is 224 g/mol. The Morgan fingerprint density at radius 2 is 2.25 bits per heavy atom. The van der Waals surface area contributed by atoms with Gasteiger partial charge in [-0.2, -0.15) is 5.10 Å². The average Bonchev–Trinajstić information content (AvgIpc) is 2.62. The molecule has 0 aliphatic heterocycles. The zero-order chi connectivity index (χ0) is 12.2. The number of nitrogens with zero attached hydrogens (tertiary/aromatic N) is 2. The number of carbonyl (C=O) groups excluding carboxylic acids is 1. The molecule has 1 rings (SSSR count). The van der Waals surface area contributed by atoms with Crippen molar-refractivity contribution in [2.24, 2.45) is 12.5 Å². The van der Waals surface area contributed by atoms with E-state index in [9.17, 15) is 4.79 Å². The van der Waals surface area contributed by atoms with Crippen LogP contribution in [0.1, 0.15) is 19.5 Å². The summed E-state index contributed by atoms with van der Waals surface area (Å²) >= 11 is 0. The predicted molar refractivity (Wildman–Crippen MR) is 62.8 cm³/mol. The van der Waals surface area contributed by atoms with Gasteiger partial charge in [0, 0.05) is 33.4 Å². The van der Waals surface area contributed by atoms with E-state index >= 15 is 0 Å². The van der Waals surface area contributed by atoms with Crippen LogP contribution in [-0.4, -0.2) is 29.3 Å². The Labute approximate surface area is 96.2 Å². The molecule has 0 spiro atoms. The van der Waals surface area contributed by atoms with Crippen molar-refractivity contribution in [2.75, 3.05) is 13.6 Å². The lowest BCUT2D eigenvalue weighted by molar-refractivity contribution is -0.128. The number of hydrogen-bond donors (Lipinski definition) is 2. The van der Waals surface area contributed by atoms with Crippen molar-refractivity contribution in [3.05, 3.63) is 18.0 Å². The first-order chi connectivity index (χ1) is 7.45. The highest BCUT2D eigenvalue weighted by Crippen LogP contribution is 2.13. The van der Waals surface area contributed by atoms with Crippen molar-refractivity contribution in [3.63, 3.8) is 0 Å². The van der Waals surface area contributed by atoms with E-state index in [1.54, 1.807) is 11.7 Å². The quantitative estimate of drug-likeness (QED) is 0.755. The summed E-state index contributed by atoms with van der Waals surface area (Å²) in [4.78, 5) is 11.5. The summed E-state index contributed by atoms with van der Waals surface area (Å²) in [5.41, 5.74) is 0.582. The third kappa shape index (κ3) is 3.34. The van der Waals surface area contributed by atoms with E-state index in [4.69, 9.17) is 0 Å². The Bertz CT molecular complexity index is 357. The van der Waals surface area contributed by atoms with Crippen LogP contribution in [0.5, 0.6) is 0 Å². The molecule has 0 bridgehead atoms. The van der Waals surface area contributed by atoms with Gasteiger partial charge in [-0.3, -0.25) is 9.48 Å². The molecule has 0 saturated heterocycles. The maximum Gasteiger partial charge on any atom is 0.226 e. The second-order valence-electron chi connectivity index (χ2n) is 4.55. The van der Waals surface area contributed by atoms with Crippen LogP contribution in [0.2, 0.25) is 0 Å². The molecule has 5 nitrogen and oxygen atoms in total. The van der Waals surface area contributed by atoms with E-state index in [0.717, 1.165) is 5.69 Å². The van der Waals surface area contributed by atoms with Crippen molar-refractivity contribution in [2.45, 2.75) is 20.4 Å². The lowest BCUT2D eigenvalue weighted by atomic mass is 9.92. The minimum Gasteiger partial charge on any atom is -0.359 e. The SMILES string of the molecule is CNC(=O)C(C)(C)CNCc1ccn(C)n1. The van der Waals surface area contributed by atoms with Crippen molar-refractivity contribution < 1.29 is 4.79 Å². The maximum absolute atomic E-state index is 11.5. The van der Waals surface area contributed by atoms with Gasteiger partial charge in [-0.25, -0.2) is 0 Å². The molecule has 1 amide bonds. The van der Waals surface area contributed by atoms with Gasteiger partial charge in [0.2, 0.25) is 5.91 Å². The smallest absolute Gasteiger partial charge is 0.226 e. The number of nitrogens with one attached hydrogen (secondary N) is 2. The summed E-state index contributed by atoms with van der Waals surface area (Å²) in [5.74, 6) is 0.0426. The van der Waals surface area contributed by atoms with E-state index in [2.05, 4.69) is 15.7 Å². The molecule has 0 saturated carbocycles. The summed E-state index contributed by atoms with van der Waals surface area (Å²) in [6.45, 7) is 5.14. The standard InChI is InChI=1S/C11H20N4O/c1-11(2,10(16)12-3)8-13-7-9-5-6-15(4)14-9/h5-6,13H,7-8H2,1-4H3,(H,12,16). The van der Waals surface area contributed by atoms with Crippen LogP contribution in [0, 0.1) is 5.41 Å². The van der Waals surface area contributed by atoms with Crippen molar-refractivity contribution in [3.8, 4) is 0 Å². The maximum atomic E-state index is 11.5. The van der Waals surface area contributed by atoms with Gasteiger partial charge in [-0.1, -0.05) is 0 Å². The second kappa shape index (κ2) is 5.12. The van der Waals surface area contributed by atoms with Crippen LogP contribution < -0.4 is 10.6 Å². The Morgan fingerprint density at radius 1 is 1.56 bits per heavy atom. The number of aryl methyl sites for hydroxylation is 1. The third-order valence-corrected chi connectivity index (χ3v) is 2.48. The predicted octanol–water partition coefficient (Wildman–Crippen LogP) is 0.282. The van der Waals surface area contributed by atoms with Crippen LogP contribution in [0.3, 0.4) is 0 Å². The summed E-state index contributed by atoms with van der Waals surface area (Å²) in [7, 11) is 3.54. The van der Waals surface area contributed by atoms with E-state index in [-0.39, 0.29) is 5.91 Å². The van der Waals surface area contributed by atoms with E-state index in [1.165, 1.54) is 0 Å². The molecule has 16 heavy (non-hydrogen) atoms. The Morgan fingerprint density at radius 3 is 2.75 bits per heavy atom. The molecule has 0 aromatic carbocycles. The van der Waals surface area contributed by atoms with Gasteiger partial charge < -0.3 is 10.6 Å². The highest BCUT2D eigenvalue weighted by Gasteiger charge is 2.25. The molecule has 0 fully saturated rings. The van der Waals surface area contributed by atoms with Crippen LogP contribution in [0.15, 0.2) is 12.3 Å². The first kappa shape index (κ1) is 12.7. The molecule has 1 heterocycles. The first-order valence-corrected chi connectivity index (χ1v) is 5.37. The monoisotopic (exact) mass is 224 g/mol. The number of aromatic nitrogens is 2. The molecule has 90 valence electrons. The van der Waals surface area contributed by atoms with Crippen LogP contribution in [0.25, 0.3) is 0 Å². The third-order valence-electron chi connectivity index (χ3n) is 2.48. The molecule has 5 heteroatoms. The van der Waals surface area contributed by atoms with E-state index in [0.29, 0.717) is 13.1 Å². The Kier molecular flexibility index (Phi) is 4.06. The fourth-order valence-electron chi connectivity index (χ4n) is 1.48. The lowest BCUT2D eigenvalue weighted by Crippen LogP contribution is -2.41. The fourth-order valence-corrected chi connectivity index (χ4v) is 1.48. The summed E-state index contributed by atoms with van der Waals surface area (Å²) < 4.78 is 1.76. The van der Waals surface area contributed by atoms with Gasteiger partial charge in [0.15, 0.2) is 0 Å². The van der Waals surface area contributed by atoms with Gasteiger partial charge in [0.05, 0.1) is 11.1 Å². The number of hydrogen-bond acceptors (Lipinski definition) is 3. The zero-order valence-corrected chi connectivity index (χ0v) is 10.4. The highest BCUT2D eigenvalue weighted by atomic mass is 16.2. The second-order valence-corrected chi connectivity index (χ2v) is 4.55. The van der Waals surface area contributed by atoms with Gasteiger partial charge in [0.1, 0.15) is 0 Å². The summed E-state index contributed by atoms with van der Waals surface area (Å²) in [6.07, 6.45) is 1.90. The van der Waals surface area contributed by atoms with E-state index < -0.39 is 5.41 Å². The Balaban J connectivity index is 2.38. The molecule has 1 aromatic rings. The largest absolute Gasteiger partial charge is 0.359 e. The lowest BCUT2D eigenvalue weighted by Gasteiger charge is -2.22. The van der Waals surface area contributed by atoms with Crippen LogP contribution in [-0.2, 0) is 18.4 Å².